The van der Waals surface area contributed by atoms with E-state index in [0.717, 1.165) is 11.3 Å². The van der Waals surface area contributed by atoms with E-state index in [1.807, 2.05) is 61.5 Å². The van der Waals surface area contributed by atoms with Crippen LogP contribution >= 0.6 is 11.8 Å². The summed E-state index contributed by atoms with van der Waals surface area (Å²) in [7, 11) is 0. The number of hydrogen-bond acceptors (Lipinski definition) is 6. The van der Waals surface area contributed by atoms with Gasteiger partial charge in [-0.15, -0.1) is 5.10 Å². The number of hydrogen-bond donors (Lipinski definition) is 2. The molecule has 0 fully saturated rings. The number of anilines is 2. The van der Waals surface area contributed by atoms with E-state index < -0.39 is 0 Å². The Hall–Kier alpha value is -3.98. The molecule has 4 aromatic rings. The molecule has 0 saturated carbocycles. The smallest absolute Gasteiger partial charge is 0.257 e. The first-order chi connectivity index (χ1) is 15.6. The third kappa shape index (κ3) is 5.19. The molecule has 2 N–H and O–H groups in total. The summed E-state index contributed by atoms with van der Waals surface area (Å²) in [5, 5.41) is 17.9. The number of nitrogens with zero attached hydrogens (tertiary/aromatic N) is 4. The Kier molecular flexibility index (Phi) is 6.57. The van der Waals surface area contributed by atoms with Crippen molar-refractivity contribution in [2.45, 2.75) is 12.1 Å². The van der Waals surface area contributed by atoms with Gasteiger partial charge >= 0.3 is 0 Å². The SMILES string of the molecule is Cc1cccc(NC(=O)c2ccccc2NC(=O)CSc2nnnn2-c2ccccc2)c1. The highest BCUT2D eigenvalue weighted by Crippen LogP contribution is 2.21. The average Bonchev–Trinajstić information content (AvgIpc) is 3.27. The lowest BCUT2D eigenvalue weighted by atomic mass is 10.1. The van der Waals surface area contributed by atoms with Gasteiger partial charge in [-0.05, 0) is 59.3 Å². The molecule has 0 aliphatic heterocycles. The van der Waals surface area contributed by atoms with E-state index in [0.29, 0.717) is 22.1 Å². The highest BCUT2D eigenvalue weighted by atomic mass is 32.2. The number of benzene rings is 3. The van der Waals surface area contributed by atoms with Crippen LogP contribution in [0.25, 0.3) is 5.69 Å². The number of carbonyl (C=O) groups excluding carboxylic acids is 2. The quantitative estimate of drug-likeness (QED) is 0.419. The minimum absolute atomic E-state index is 0.0844. The van der Waals surface area contributed by atoms with Gasteiger partial charge in [0.25, 0.3) is 5.91 Å². The van der Waals surface area contributed by atoms with Crippen molar-refractivity contribution in [3.8, 4) is 5.69 Å². The predicted octanol–water partition coefficient (Wildman–Crippen LogP) is 3.95. The Labute approximate surface area is 189 Å². The number of amides is 2. The van der Waals surface area contributed by atoms with Crippen molar-refractivity contribution in [3.63, 3.8) is 0 Å². The summed E-state index contributed by atoms with van der Waals surface area (Å²) in [5.74, 6) is -0.485. The second-order valence-corrected chi connectivity index (χ2v) is 7.86. The van der Waals surface area contributed by atoms with E-state index in [1.54, 1.807) is 28.9 Å². The molecule has 8 nitrogen and oxygen atoms in total. The minimum Gasteiger partial charge on any atom is -0.325 e. The number of nitrogens with one attached hydrogen (secondary N) is 2. The Balaban J connectivity index is 1.41. The molecule has 0 aliphatic carbocycles. The summed E-state index contributed by atoms with van der Waals surface area (Å²) in [6.07, 6.45) is 0. The summed E-state index contributed by atoms with van der Waals surface area (Å²) in [5.41, 5.74) is 3.35. The van der Waals surface area contributed by atoms with E-state index in [2.05, 4.69) is 26.2 Å². The zero-order chi connectivity index (χ0) is 22.3. The molecule has 160 valence electrons. The van der Waals surface area contributed by atoms with Gasteiger partial charge in [-0.2, -0.15) is 4.68 Å². The fourth-order valence-corrected chi connectivity index (χ4v) is 3.72. The predicted molar refractivity (Wildman–Crippen MR) is 124 cm³/mol. The first-order valence-corrected chi connectivity index (χ1v) is 10.8. The average molecular weight is 445 g/mol. The molecule has 0 spiro atoms. The van der Waals surface area contributed by atoms with Crippen LogP contribution in [0.15, 0.2) is 84.0 Å². The molecule has 0 atom stereocenters. The lowest BCUT2D eigenvalue weighted by Crippen LogP contribution is -2.19. The lowest BCUT2D eigenvalue weighted by Gasteiger charge is -2.12. The normalized spacial score (nSPS) is 10.5. The maximum atomic E-state index is 12.8. The summed E-state index contributed by atoms with van der Waals surface area (Å²) in [6, 6.07) is 23.8. The molecule has 0 unspecified atom stereocenters. The molecule has 4 rings (SSSR count). The van der Waals surface area contributed by atoms with Crippen LogP contribution in [0, 0.1) is 6.92 Å². The number of carbonyl (C=O) groups is 2. The summed E-state index contributed by atoms with van der Waals surface area (Å²) in [6.45, 7) is 1.95. The Morgan fingerprint density at radius 2 is 1.72 bits per heavy atom. The number of aryl methyl sites for hydroxylation is 1. The molecular formula is C23H20N6O2S. The van der Waals surface area contributed by atoms with Crippen LogP contribution in [-0.2, 0) is 4.79 Å². The molecular weight excluding hydrogens is 424 g/mol. The summed E-state index contributed by atoms with van der Waals surface area (Å²) in [4.78, 5) is 25.4. The van der Waals surface area contributed by atoms with Crippen LogP contribution in [0.2, 0.25) is 0 Å². The first-order valence-electron chi connectivity index (χ1n) is 9.83. The molecule has 1 aromatic heterocycles. The van der Waals surface area contributed by atoms with Gasteiger partial charge in [-0.3, -0.25) is 9.59 Å². The maximum absolute atomic E-state index is 12.8. The van der Waals surface area contributed by atoms with Crippen molar-refractivity contribution < 1.29 is 9.59 Å². The van der Waals surface area contributed by atoms with Crippen molar-refractivity contribution in [1.82, 2.24) is 20.2 Å². The van der Waals surface area contributed by atoms with Crippen molar-refractivity contribution in [3.05, 3.63) is 90.0 Å². The zero-order valence-corrected chi connectivity index (χ0v) is 18.0. The second-order valence-electron chi connectivity index (χ2n) is 6.91. The maximum Gasteiger partial charge on any atom is 0.257 e. The van der Waals surface area contributed by atoms with Gasteiger partial charge in [0, 0.05) is 5.69 Å². The fraction of sp³-hybridized carbons (Fsp3) is 0.0870. The molecule has 0 saturated heterocycles. The van der Waals surface area contributed by atoms with Gasteiger partial charge in [0.1, 0.15) is 0 Å². The van der Waals surface area contributed by atoms with E-state index >= 15 is 0 Å². The van der Waals surface area contributed by atoms with Crippen LogP contribution in [0.5, 0.6) is 0 Å². The molecule has 0 radical (unpaired) electrons. The van der Waals surface area contributed by atoms with Crippen molar-refractivity contribution >= 4 is 35.0 Å². The van der Waals surface area contributed by atoms with Gasteiger partial charge in [0.05, 0.1) is 22.7 Å². The Bertz CT molecular complexity index is 1240. The van der Waals surface area contributed by atoms with Crippen molar-refractivity contribution in [1.29, 1.82) is 0 Å². The number of rotatable bonds is 7. The first kappa shape index (κ1) is 21.3. The van der Waals surface area contributed by atoms with Crippen LogP contribution in [0.3, 0.4) is 0 Å². The van der Waals surface area contributed by atoms with Crippen LogP contribution in [0.4, 0.5) is 11.4 Å². The number of thioether (sulfide) groups is 1. The van der Waals surface area contributed by atoms with Gasteiger partial charge in [0.2, 0.25) is 11.1 Å². The van der Waals surface area contributed by atoms with E-state index in [-0.39, 0.29) is 17.6 Å². The largest absolute Gasteiger partial charge is 0.325 e. The van der Waals surface area contributed by atoms with E-state index in [9.17, 15) is 9.59 Å². The molecule has 1 heterocycles. The van der Waals surface area contributed by atoms with Gasteiger partial charge in [-0.25, -0.2) is 0 Å². The van der Waals surface area contributed by atoms with Crippen LogP contribution < -0.4 is 10.6 Å². The van der Waals surface area contributed by atoms with Crippen molar-refractivity contribution in [2.24, 2.45) is 0 Å². The number of para-hydroxylation sites is 2. The summed E-state index contributed by atoms with van der Waals surface area (Å²) < 4.78 is 1.57. The Morgan fingerprint density at radius 3 is 2.53 bits per heavy atom. The van der Waals surface area contributed by atoms with E-state index in [1.165, 1.54) is 11.8 Å². The van der Waals surface area contributed by atoms with Gasteiger partial charge in [0.15, 0.2) is 0 Å². The van der Waals surface area contributed by atoms with E-state index in [4.69, 9.17) is 0 Å². The van der Waals surface area contributed by atoms with Crippen molar-refractivity contribution in [2.75, 3.05) is 16.4 Å². The zero-order valence-electron chi connectivity index (χ0n) is 17.2. The summed E-state index contributed by atoms with van der Waals surface area (Å²) >= 11 is 1.21. The second kappa shape index (κ2) is 9.88. The molecule has 0 bridgehead atoms. The molecule has 2 amide bonds. The molecule has 3 aromatic carbocycles. The monoisotopic (exact) mass is 444 g/mol. The molecule has 32 heavy (non-hydrogen) atoms. The fourth-order valence-electron chi connectivity index (χ4n) is 3.03. The third-order valence-electron chi connectivity index (χ3n) is 4.50. The highest BCUT2D eigenvalue weighted by Gasteiger charge is 2.15. The molecule has 9 heteroatoms. The molecule has 0 aliphatic rings. The van der Waals surface area contributed by atoms with Crippen LogP contribution in [-0.4, -0.2) is 37.8 Å². The standard InChI is InChI=1S/C23H20N6O2S/c1-16-8-7-9-17(14-16)24-22(31)19-12-5-6-13-20(19)25-21(30)15-32-23-26-27-28-29(23)18-10-3-2-4-11-18/h2-14H,15H2,1H3,(H,24,31)(H,25,30). The lowest BCUT2D eigenvalue weighted by molar-refractivity contribution is -0.113. The van der Waals surface area contributed by atoms with Gasteiger partial charge in [-0.1, -0.05) is 54.2 Å². The minimum atomic E-state index is -0.299. The number of tetrazole rings is 1. The topological polar surface area (TPSA) is 102 Å². The third-order valence-corrected chi connectivity index (χ3v) is 5.42. The number of aromatic nitrogens is 4. The van der Waals surface area contributed by atoms with Crippen LogP contribution in [0.1, 0.15) is 15.9 Å². The Morgan fingerprint density at radius 1 is 0.938 bits per heavy atom. The highest BCUT2D eigenvalue weighted by molar-refractivity contribution is 7.99. The van der Waals surface area contributed by atoms with Gasteiger partial charge < -0.3 is 10.6 Å².